The zero-order chi connectivity index (χ0) is 16.4. The Bertz CT molecular complexity index is 646. The van der Waals surface area contributed by atoms with E-state index in [0.717, 1.165) is 29.6 Å². The van der Waals surface area contributed by atoms with Crippen molar-refractivity contribution >= 4 is 24.1 Å². The predicted molar refractivity (Wildman–Crippen MR) is 82.9 cm³/mol. The fourth-order valence-electron chi connectivity index (χ4n) is 2.92. The fourth-order valence-corrected chi connectivity index (χ4v) is 2.92. The van der Waals surface area contributed by atoms with Gasteiger partial charge < -0.3 is 15.0 Å². The molecule has 0 aromatic heterocycles. The number of amides is 3. The molecule has 1 aromatic rings. The molecule has 2 heterocycles. The standard InChI is InChI=1S/C16H19N3O4/c1-11(21)17-7-15-9-19(16(22)23-15)14-3-2-13-8-18(10-20)5-4-12(13)6-14/h2-3,6,10,15H,4-5,7-9H2,1H3,(H,17,21)/t15-/m0/s1. The lowest BCUT2D eigenvalue weighted by atomic mass is 9.99. The van der Waals surface area contributed by atoms with Gasteiger partial charge in [0.2, 0.25) is 12.3 Å². The lowest BCUT2D eigenvalue weighted by molar-refractivity contribution is -0.119. The molecule has 7 nitrogen and oxygen atoms in total. The molecule has 0 radical (unpaired) electrons. The largest absolute Gasteiger partial charge is 0.442 e. The molecule has 0 spiro atoms. The molecule has 122 valence electrons. The second-order valence-electron chi connectivity index (χ2n) is 5.83. The number of anilines is 1. The third kappa shape index (κ3) is 3.28. The van der Waals surface area contributed by atoms with Gasteiger partial charge in [0, 0.05) is 25.7 Å². The first-order chi connectivity index (χ1) is 11.1. The zero-order valence-electron chi connectivity index (χ0n) is 12.9. The quantitative estimate of drug-likeness (QED) is 0.828. The van der Waals surface area contributed by atoms with Gasteiger partial charge >= 0.3 is 6.09 Å². The van der Waals surface area contributed by atoms with E-state index in [1.165, 1.54) is 6.92 Å². The van der Waals surface area contributed by atoms with Gasteiger partial charge in [-0.1, -0.05) is 6.07 Å². The van der Waals surface area contributed by atoms with E-state index >= 15 is 0 Å². The van der Waals surface area contributed by atoms with Crippen molar-refractivity contribution in [1.29, 1.82) is 0 Å². The monoisotopic (exact) mass is 317 g/mol. The number of hydrogen-bond acceptors (Lipinski definition) is 4. The molecule has 23 heavy (non-hydrogen) atoms. The third-order valence-corrected chi connectivity index (χ3v) is 4.15. The molecule has 1 N–H and O–H groups in total. The van der Waals surface area contributed by atoms with Gasteiger partial charge in [0.1, 0.15) is 6.10 Å². The fraction of sp³-hybridized carbons (Fsp3) is 0.438. The van der Waals surface area contributed by atoms with Crippen LogP contribution in [0.4, 0.5) is 10.5 Å². The molecule has 1 aromatic carbocycles. The van der Waals surface area contributed by atoms with Crippen LogP contribution in [0.5, 0.6) is 0 Å². The summed E-state index contributed by atoms with van der Waals surface area (Å²) in [6, 6.07) is 5.81. The summed E-state index contributed by atoms with van der Waals surface area (Å²) in [5.41, 5.74) is 3.05. The van der Waals surface area contributed by atoms with Gasteiger partial charge in [0.15, 0.2) is 0 Å². The van der Waals surface area contributed by atoms with Crippen molar-refractivity contribution in [2.24, 2.45) is 0 Å². The minimum atomic E-state index is -0.398. The van der Waals surface area contributed by atoms with Crippen molar-refractivity contribution in [2.75, 3.05) is 24.5 Å². The summed E-state index contributed by atoms with van der Waals surface area (Å²) in [5.74, 6) is -0.145. The molecule has 7 heteroatoms. The van der Waals surface area contributed by atoms with Crippen LogP contribution in [0.1, 0.15) is 18.1 Å². The Morgan fingerprint density at radius 2 is 2.26 bits per heavy atom. The predicted octanol–water partition coefficient (Wildman–Crippen LogP) is 0.662. The summed E-state index contributed by atoms with van der Waals surface area (Å²) < 4.78 is 5.28. The molecule has 0 bridgehead atoms. The Hall–Kier alpha value is -2.57. The van der Waals surface area contributed by atoms with Crippen molar-refractivity contribution in [2.45, 2.75) is 26.0 Å². The Morgan fingerprint density at radius 1 is 1.43 bits per heavy atom. The molecule has 2 aliphatic rings. The third-order valence-electron chi connectivity index (χ3n) is 4.15. The average Bonchev–Trinajstić information content (AvgIpc) is 2.93. The number of carbonyl (C=O) groups excluding carboxylic acids is 3. The van der Waals surface area contributed by atoms with E-state index < -0.39 is 6.09 Å². The van der Waals surface area contributed by atoms with Gasteiger partial charge in [-0.2, -0.15) is 0 Å². The molecule has 0 unspecified atom stereocenters. The summed E-state index contributed by atoms with van der Waals surface area (Å²) in [6.07, 6.45) is 0.903. The van der Waals surface area contributed by atoms with E-state index in [1.54, 1.807) is 9.80 Å². The Labute approximate surface area is 134 Å². The summed E-state index contributed by atoms with van der Waals surface area (Å²) in [5, 5.41) is 2.66. The van der Waals surface area contributed by atoms with E-state index in [-0.39, 0.29) is 12.0 Å². The molecule has 0 saturated carbocycles. The highest BCUT2D eigenvalue weighted by Gasteiger charge is 2.32. The number of ether oxygens (including phenoxy) is 1. The first-order valence-corrected chi connectivity index (χ1v) is 7.60. The topological polar surface area (TPSA) is 79.0 Å². The number of nitrogens with one attached hydrogen (secondary N) is 1. The lowest BCUT2D eigenvalue weighted by Crippen LogP contribution is -2.33. The van der Waals surface area contributed by atoms with Gasteiger partial charge in [-0.25, -0.2) is 4.79 Å². The van der Waals surface area contributed by atoms with Gasteiger partial charge in [0.25, 0.3) is 0 Å². The molecule has 0 aliphatic carbocycles. The van der Waals surface area contributed by atoms with Crippen molar-refractivity contribution in [3.8, 4) is 0 Å². The van der Waals surface area contributed by atoms with Crippen LogP contribution in [0.2, 0.25) is 0 Å². The van der Waals surface area contributed by atoms with Crippen molar-refractivity contribution in [1.82, 2.24) is 10.2 Å². The molecular formula is C16H19N3O4. The highest BCUT2D eigenvalue weighted by Crippen LogP contribution is 2.27. The molecule has 1 atom stereocenters. The molecule has 3 rings (SSSR count). The molecular weight excluding hydrogens is 298 g/mol. The number of rotatable bonds is 4. The summed E-state index contributed by atoms with van der Waals surface area (Å²) in [6.45, 7) is 3.46. The minimum absolute atomic E-state index is 0.145. The van der Waals surface area contributed by atoms with E-state index in [2.05, 4.69) is 5.32 Å². The molecule has 2 aliphatic heterocycles. The van der Waals surface area contributed by atoms with Crippen molar-refractivity contribution < 1.29 is 19.1 Å². The number of benzene rings is 1. The van der Waals surface area contributed by atoms with Gasteiger partial charge in [-0.05, 0) is 29.7 Å². The van der Waals surface area contributed by atoms with Crippen LogP contribution in [0.15, 0.2) is 18.2 Å². The number of hydrogen-bond donors (Lipinski definition) is 1. The SMILES string of the molecule is CC(=O)NC[C@H]1CN(c2ccc3c(c2)CCN(C=O)C3)C(=O)O1. The lowest BCUT2D eigenvalue weighted by Gasteiger charge is -2.26. The average molecular weight is 317 g/mol. The number of fused-ring (bicyclic) bond motifs is 1. The molecule has 1 saturated heterocycles. The highest BCUT2D eigenvalue weighted by molar-refractivity contribution is 5.90. The second-order valence-corrected chi connectivity index (χ2v) is 5.83. The normalized spacial score (nSPS) is 20.0. The van der Waals surface area contributed by atoms with Crippen LogP contribution in [0.25, 0.3) is 0 Å². The smallest absolute Gasteiger partial charge is 0.414 e. The van der Waals surface area contributed by atoms with Gasteiger partial charge in [0.05, 0.1) is 13.1 Å². The van der Waals surface area contributed by atoms with Crippen molar-refractivity contribution in [3.63, 3.8) is 0 Å². The Balaban J connectivity index is 1.71. The zero-order valence-corrected chi connectivity index (χ0v) is 12.9. The van der Waals surface area contributed by atoms with Gasteiger partial charge in [-0.3, -0.25) is 14.5 Å². The van der Waals surface area contributed by atoms with E-state index in [1.807, 2.05) is 18.2 Å². The maximum absolute atomic E-state index is 12.0. The first-order valence-electron chi connectivity index (χ1n) is 7.60. The van der Waals surface area contributed by atoms with E-state index in [9.17, 15) is 14.4 Å². The Kier molecular flexibility index (Phi) is 4.18. The van der Waals surface area contributed by atoms with Crippen LogP contribution < -0.4 is 10.2 Å². The Morgan fingerprint density at radius 3 is 3.00 bits per heavy atom. The van der Waals surface area contributed by atoms with E-state index in [4.69, 9.17) is 4.74 Å². The maximum Gasteiger partial charge on any atom is 0.414 e. The summed E-state index contributed by atoms with van der Waals surface area (Å²) in [4.78, 5) is 37.2. The highest BCUT2D eigenvalue weighted by atomic mass is 16.6. The second kappa shape index (κ2) is 6.28. The summed E-state index contributed by atoms with van der Waals surface area (Å²) >= 11 is 0. The van der Waals surface area contributed by atoms with E-state index in [0.29, 0.717) is 26.2 Å². The van der Waals surface area contributed by atoms with Crippen LogP contribution in [0, 0.1) is 0 Å². The van der Waals surface area contributed by atoms with Crippen molar-refractivity contribution in [3.05, 3.63) is 29.3 Å². The number of carbonyl (C=O) groups is 3. The maximum atomic E-state index is 12.0. The van der Waals surface area contributed by atoms with Gasteiger partial charge in [-0.15, -0.1) is 0 Å². The first kappa shape index (κ1) is 15.3. The minimum Gasteiger partial charge on any atom is -0.442 e. The van der Waals surface area contributed by atoms with Crippen LogP contribution in [-0.4, -0.2) is 49.0 Å². The number of cyclic esters (lactones) is 1. The van der Waals surface area contributed by atoms with Crippen LogP contribution in [0.3, 0.4) is 0 Å². The molecule has 3 amide bonds. The molecule has 1 fully saturated rings. The summed E-state index contributed by atoms with van der Waals surface area (Å²) in [7, 11) is 0. The number of nitrogens with zero attached hydrogens (tertiary/aromatic N) is 2. The van der Waals surface area contributed by atoms with Crippen LogP contribution >= 0.6 is 0 Å². The van der Waals surface area contributed by atoms with Crippen LogP contribution in [-0.2, 0) is 27.3 Å².